The van der Waals surface area contributed by atoms with Crippen LogP contribution in [0.3, 0.4) is 0 Å². The van der Waals surface area contributed by atoms with Crippen LogP contribution in [0.1, 0.15) is 21.5 Å². The van der Waals surface area contributed by atoms with Gasteiger partial charge in [-0.2, -0.15) is 0 Å². The van der Waals surface area contributed by atoms with Crippen LogP contribution in [0.25, 0.3) is 0 Å². The Morgan fingerprint density at radius 1 is 1.05 bits per heavy atom. The van der Waals surface area contributed by atoms with Crippen molar-refractivity contribution in [3.05, 3.63) is 65.2 Å². The Morgan fingerprint density at radius 2 is 1.75 bits per heavy atom. The van der Waals surface area contributed by atoms with Crippen LogP contribution in [0.15, 0.2) is 48.5 Å². The van der Waals surface area contributed by atoms with Gasteiger partial charge in [-0.25, -0.2) is 4.79 Å². The van der Waals surface area contributed by atoms with Gasteiger partial charge in [-0.05, 0) is 24.1 Å². The summed E-state index contributed by atoms with van der Waals surface area (Å²) in [6, 6.07) is 14.2. The maximum atomic E-state index is 12.0. The first-order valence-corrected chi connectivity index (χ1v) is 6.24. The van der Waals surface area contributed by atoms with Gasteiger partial charge >= 0.3 is 5.97 Å². The molecule has 4 nitrogen and oxygen atoms in total. The highest BCUT2D eigenvalue weighted by molar-refractivity contribution is 6.01. The second kappa shape index (κ2) is 6.02. The number of anilines is 1. The third kappa shape index (κ3) is 3.23. The molecule has 2 aromatic rings. The number of hydrogen-bond donors (Lipinski definition) is 2. The van der Waals surface area contributed by atoms with E-state index in [9.17, 15) is 9.59 Å². The van der Waals surface area contributed by atoms with Crippen molar-refractivity contribution in [1.29, 1.82) is 0 Å². The van der Waals surface area contributed by atoms with Crippen molar-refractivity contribution in [3.8, 4) is 0 Å². The molecule has 0 bridgehead atoms. The van der Waals surface area contributed by atoms with Crippen molar-refractivity contribution in [2.24, 2.45) is 0 Å². The predicted molar refractivity (Wildman–Crippen MR) is 76.9 cm³/mol. The number of carbonyl (C=O) groups excluding carboxylic acids is 1. The lowest BCUT2D eigenvalue weighted by atomic mass is 10.1. The van der Waals surface area contributed by atoms with E-state index in [0.29, 0.717) is 5.69 Å². The Bertz CT molecular complexity index is 635. The van der Waals surface area contributed by atoms with Crippen molar-refractivity contribution in [3.63, 3.8) is 0 Å². The average Bonchev–Trinajstić information content (AvgIpc) is 2.42. The number of rotatable bonds is 4. The molecule has 0 heterocycles. The van der Waals surface area contributed by atoms with Gasteiger partial charge in [0.15, 0.2) is 0 Å². The van der Waals surface area contributed by atoms with E-state index < -0.39 is 5.97 Å². The van der Waals surface area contributed by atoms with Gasteiger partial charge in [0.2, 0.25) is 5.91 Å². The molecule has 0 fully saturated rings. The first kappa shape index (κ1) is 13.8. The topological polar surface area (TPSA) is 66.4 Å². The number of carbonyl (C=O) groups is 2. The lowest BCUT2D eigenvalue weighted by molar-refractivity contribution is -0.115. The van der Waals surface area contributed by atoms with Crippen LogP contribution < -0.4 is 5.32 Å². The number of aromatic carboxylic acids is 1. The Balaban J connectivity index is 2.18. The van der Waals surface area contributed by atoms with Crippen LogP contribution in [0.2, 0.25) is 0 Å². The standard InChI is InChI=1S/C16H15NO3/c1-11-6-5-9-13(16(19)20)15(11)17-14(18)10-12-7-3-2-4-8-12/h2-9H,10H2,1H3,(H,17,18)(H,19,20). The van der Waals surface area contributed by atoms with Crippen molar-refractivity contribution >= 4 is 17.6 Å². The van der Waals surface area contributed by atoms with Gasteiger partial charge in [-0.1, -0.05) is 42.5 Å². The number of aryl methyl sites for hydroxylation is 1. The summed E-state index contributed by atoms with van der Waals surface area (Å²) >= 11 is 0. The lowest BCUT2D eigenvalue weighted by Crippen LogP contribution is -2.17. The van der Waals surface area contributed by atoms with Crippen molar-refractivity contribution in [2.75, 3.05) is 5.32 Å². The SMILES string of the molecule is Cc1cccc(C(=O)O)c1NC(=O)Cc1ccccc1. The minimum Gasteiger partial charge on any atom is -0.478 e. The molecule has 0 aromatic heterocycles. The average molecular weight is 269 g/mol. The third-order valence-corrected chi connectivity index (χ3v) is 2.98. The van der Waals surface area contributed by atoms with Crippen molar-refractivity contribution < 1.29 is 14.7 Å². The zero-order chi connectivity index (χ0) is 14.5. The zero-order valence-electron chi connectivity index (χ0n) is 11.1. The quantitative estimate of drug-likeness (QED) is 0.896. The molecule has 0 spiro atoms. The van der Waals surface area contributed by atoms with E-state index in [1.54, 1.807) is 19.1 Å². The van der Waals surface area contributed by atoms with Crippen molar-refractivity contribution in [2.45, 2.75) is 13.3 Å². The van der Waals surface area contributed by atoms with E-state index in [1.807, 2.05) is 30.3 Å². The smallest absolute Gasteiger partial charge is 0.337 e. The molecule has 0 unspecified atom stereocenters. The molecular formula is C16H15NO3. The predicted octanol–water partition coefficient (Wildman–Crippen LogP) is 2.87. The highest BCUT2D eigenvalue weighted by atomic mass is 16.4. The van der Waals surface area contributed by atoms with Crippen molar-refractivity contribution in [1.82, 2.24) is 0 Å². The first-order valence-electron chi connectivity index (χ1n) is 6.24. The number of hydrogen-bond acceptors (Lipinski definition) is 2. The number of amides is 1. The number of nitrogens with one attached hydrogen (secondary N) is 1. The summed E-state index contributed by atoms with van der Waals surface area (Å²) in [5.74, 6) is -1.28. The fraction of sp³-hybridized carbons (Fsp3) is 0.125. The van der Waals surface area contributed by atoms with Gasteiger partial charge in [0.05, 0.1) is 17.7 Å². The molecule has 2 aromatic carbocycles. The highest BCUT2D eigenvalue weighted by Gasteiger charge is 2.14. The summed E-state index contributed by atoms with van der Waals surface area (Å²) in [5, 5.41) is 11.8. The Kier molecular flexibility index (Phi) is 4.15. The van der Waals surface area contributed by atoms with E-state index in [4.69, 9.17) is 5.11 Å². The normalized spacial score (nSPS) is 10.1. The minimum absolute atomic E-state index is 0.103. The Morgan fingerprint density at radius 3 is 2.40 bits per heavy atom. The van der Waals surface area contributed by atoms with Crippen LogP contribution in [0, 0.1) is 6.92 Å². The molecule has 0 saturated heterocycles. The first-order chi connectivity index (χ1) is 9.58. The van der Waals surface area contributed by atoms with Gasteiger partial charge in [0.25, 0.3) is 0 Å². The molecule has 4 heteroatoms. The molecule has 102 valence electrons. The molecular weight excluding hydrogens is 254 g/mol. The summed E-state index contributed by atoms with van der Waals surface area (Å²) in [7, 11) is 0. The van der Waals surface area contributed by atoms with Gasteiger partial charge in [-0.3, -0.25) is 4.79 Å². The molecule has 20 heavy (non-hydrogen) atoms. The monoisotopic (exact) mass is 269 g/mol. The summed E-state index contributed by atoms with van der Waals surface area (Å²) in [6.07, 6.45) is 0.217. The number of benzene rings is 2. The molecule has 2 rings (SSSR count). The second-order valence-electron chi connectivity index (χ2n) is 4.51. The highest BCUT2D eigenvalue weighted by Crippen LogP contribution is 2.20. The molecule has 0 aliphatic rings. The van der Waals surface area contributed by atoms with Crippen LogP contribution >= 0.6 is 0 Å². The maximum Gasteiger partial charge on any atom is 0.337 e. The molecule has 0 aliphatic heterocycles. The second-order valence-corrected chi connectivity index (χ2v) is 4.51. The van der Waals surface area contributed by atoms with E-state index in [1.165, 1.54) is 6.07 Å². The fourth-order valence-electron chi connectivity index (χ4n) is 1.98. The van der Waals surface area contributed by atoms with E-state index in [2.05, 4.69) is 5.32 Å². The summed E-state index contributed by atoms with van der Waals surface area (Å²) < 4.78 is 0. The fourth-order valence-corrected chi connectivity index (χ4v) is 1.98. The lowest BCUT2D eigenvalue weighted by Gasteiger charge is -2.11. The molecule has 0 atom stereocenters. The van der Waals surface area contributed by atoms with Gasteiger partial charge in [-0.15, -0.1) is 0 Å². The molecule has 2 N–H and O–H groups in total. The van der Waals surface area contributed by atoms with Crippen LogP contribution in [-0.4, -0.2) is 17.0 Å². The molecule has 0 aliphatic carbocycles. The number of carboxylic acid groups (broad SMARTS) is 1. The van der Waals surface area contributed by atoms with Gasteiger partial charge < -0.3 is 10.4 Å². The number of para-hydroxylation sites is 1. The van der Waals surface area contributed by atoms with Crippen LogP contribution in [0.4, 0.5) is 5.69 Å². The minimum atomic E-state index is -1.05. The molecule has 0 saturated carbocycles. The van der Waals surface area contributed by atoms with Crippen LogP contribution in [0.5, 0.6) is 0 Å². The number of carboxylic acids is 1. The zero-order valence-corrected chi connectivity index (χ0v) is 11.1. The van der Waals surface area contributed by atoms with Gasteiger partial charge in [0, 0.05) is 0 Å². The summed E-state index contributed by atoms with van der Waals surface area (Å²) in [5.41, 5.74) is 2.08. The molecule has 1 amide bonds. The van der Waals surface area contributed by atoms with Gasteiger partial charge in [0.1, 0.15) is 0 Å². The largest absolute Gasteiger partial charge is 0.478 e. The summed E-state index contributed by atoms with van der Waals surface area (Å²) in [4.78, 5) is 23.2. The van der Waals surface area contributed by atoms with E-state index in [0.717, 1.165) is 11.1 Å². The Hall–Kier alpha value is -2.62. The molecule has 0 radical (unpaired) electrons. The Labute approximate surface area is 117 Å². The van der Waals surface area contributed by atoms with E-state index in [-0.39, 0.29) is 17.9 Å². The third-order valence-electron chi connectivity index (χ3n) is 2.98. The van der Waals surface area contributed by atoms with Crippen LogP contribution in [-0.2, 0) is 11.2 Å². The maximum absolute atomic E-state index is 12.0. The summed E-state index contributed by atoms with van der Waals surface area (Å²) in [6.45, 7) is 1.77. The van der Waals surface area contributed by atoms with E-state index >= 15 is 0 Å².